The molecule has 0 saturated carbocycles. The van der Waals surface area contributed by atoms with Gasteiger partial charge in [-0.3, -0.25) is 13.9 Å². The van der Waals surface area contributed by atoms with Crippen LogP contribution >= 0.6 is 11.6 Å². The normalized spacial score (nSPS) is 11.6. The average molecular weight is 331 g/mol. The number of halogens is 1. The van der Waals surface area contributed by atoms with Gasteiger partial charge in [-0.1, -0.05) is 42.5 Å². The van der Waals surface area contributed by atoms with Crippen LogP contribution in [0.5, 0.6) is 0 Å². The van der Waals surface area contributed by atoms with E-state index in [1.807, 2.05) is 42.5 Å². The Morgan fingerprint density at radius 2 is 1.83 bits per heavy atom. The zero-order valence-corrected chi connectivity index (χ0v) is 13.5. The lowest BCUT2D eigenvalue weighted by molar-refractivity contribution is 0.703. The molecular weight excluding hydrogens is 316 g/mol. The molecule has 3 aromatic rings. The third kappa shape index (κ3) is 2.61. The first-order chi connectivity index (χ1) is 11.0. The molecule has 23 heavy (non-hydrogen) atoms. The summed E-state index contributed by atoms with van der Waals surface area (Å²) in [4.78, 5) is 28.5. The second kappa shape index (κ2) is 5.89. The highest BCUT2D eigenvalue weighted by Gasteiger charge is 2.17. The molecule has 7 heteroatoms. The summed E-state index contributed by atoms with van der Waals surface area (Å²) < 4.78 is 3.97. The topological polar surface area (TPSA) is 61.8 Å². The second-order valence-electron chi connectivity index (χ2n) is 5.18. The van der Waals surface area contributed by atoms with Crippen LogP contribution in [0.25, 0.3) is 17.2 Å². The molecule has 1 aromatic carbocycles. The van der Waals surface area contributed by atoms with E-state index in [2.05, 4.69) is 4.98 Å². The third-order valence-electron chi connectivity index (χ3n) is 3.70. The fourth-order valence-corrected chi connectivity index (χ4v) is 2.68. The van der Waals surface area contributed by atoms with Crippen molar-refractivity contribution in [2.45, 2.75) is 6.54 Å². The zero-order chi connectivity index (χ0) is 16.6. The summed E-state index contributed by atoms with van der Waals surface area (Å²) in [5.41, 5.74) is 0.820. The fraction of sp³-hybridized carbons (Fsp3) is 0.188. The summed E-state index contributed by atoms with van der Waals surface area (Å²) in [7, 11) is 3.01. The number of aryl methyl sites for hydroxylation is 1. The predicted octanol–water partition coefficient (Wildman–Crippen LogP) is 1.80. The molecule has 0 aliphatic heterocycles. The molecule has 3 rings (SSSR count). The maximum absolute atomic E-state index is 12.4. The predicted molar refractivity (Wildman–Crippen MR) is 90.7 cm³/mol. The highest BCUT2D eigenvalue weighted by atomic mass is 35.5. The molecule has 0 fully saturated rings. The Balaban J connectivity index is 2.08. The number of rotatable bonds is 3. The molecule has 0 bridgehead atoms. The van der Waals surface area contributed by atoms with Gasteiger partial charge in [-0.25, -0.2) is 4.79 Å². The van der Waals surface area contributed by atoms with Crippen molar-refractivity contribution in [1.29, 1.82) is 0 Å². The summed E-state index contributed by atoms with van der Waals surface area (Å²) in [6.07, 6.45) is 3.83. The lowest BCUT2D eigenvalue weighted by atomic mass is 10.2. The largest absolute Gasteiger partial charge is 0.332 e. The molecule has 0 aliphatic rings. The Labute approximate surface area is 136 Å². The van der Waals surface area contributed by atoms with Gasteiger partial charge >= 0.3 is 5.69 Å². The van der Waals surface area contributed by atoms with Crippen molar-refractivity contribution in [3.05, 3.63) is 68.1 Å². The average Bonchev–Trinajstić information content (AvgIpc) is 2.89. The quantitative estimate of drug-likeness (QED) is 0.688. The summed E-state index contributed by atoms with van der Waals surface area (Å²) in [6, 6.07) is 9.80. The van der Waals surface area contributed by atoms with Crippen LogP contribution in [-0.2, 0) is 20.6 Å². The van der Waals surface area contributed by atoms with E-state index >= 15 is 0 Å². The van der Waals surface area contributed by atoms with E-state index in [9.17, 15) is 9.59 Å². The zero-order valence-electron chi connectivity index (χ0n) is 12.7. The number of aromatic nitrogens is 4. The van der Waals surface area contributed by atoms with Crippen LogP contribution in [0, 0.1) is 0 Å². The van der Waals surface area contributed by atoms with Crippen LogP contribution < -0.4 is 11.2 Å². The summed E-state index contributed by atoms with van der Waals surface area (Å²) in [6.45, 7) is 0.387. The van der Waals surface area contributed by atoms with Crippen molar-refractivity contribution in [1.82, 2.24) is 18.7 Å². The van der Waals surface area contributed by atoms with Crippen molar-refractivity contribution in [2.24, 2.45) is 14.1 Å². The number of fused-ring (bicyclic) bond motifs is 1. The Morgan fingerprint density at radius 3 is 2.52 bits per heavy atom. The minimum Gasteiger partial charge on any atom is -0.305 e. The van der Waals surface area contributed by atoms with E-state index in [-0.39, 0.29) is 10.9 Å². The molecule has 0 saturated heterocycles. The van der Waals surface area contributed by atoms with Gasteiger partial charge in [0.25, 0.3) is 5.56 Å². The molecule has 118 valence electrons. The van der Waals surface area contributed by atoms with E-state index < -0.39 is 11.2 Å². The molecule has 0 aliphatic carbocycles. The number of imidazole rings is 1. The molecule has 0 spiro atoms. The summed E-state index contributed by atoms with van der Waals surface area (Å²) >= 11 is 6.15. The SMILES string of the molecule is Cn1c(=O)c2c(nc(Cl)n2CC=Cc2ccccc2)n(C)c1=O. The van der Waals surface area contributed by atoms with Crippen LogP contribution in [0.2, 0.25) is 5.28 Å². The van der Waals surface area contributed by atoms with Crippen LogP contribution in [0.15, 0.2) is 46.0 Å². The second-order valence-corrected chi connectivity index (χ2v) is 5.52. The molecule has 6 nitrogen and oxygen atoms in total. The highest BCUT2D eigenvalue weighted by Crippen LogP contribution is 2.15. The first-order valence-electron chi connectivity index (χ1n) is 7.04. The van der Waals surface area contributed by atoms with Crippen LogP contribution in [0.4, 0.5) is 0 Å². The van der Waals surface area contributed by atoms with Crippen LogP contribution in [-0.4, -0.2) is 18.7 Å². The number of nitrogens with zero attached hydrogens (tertiary/aromatic N) is 4. The van der Waals surface area contributed by atoms with Gasteiger partial charge in [0.2, 0.25) is 5.28 Å². The Bertz CT molecular complexity index is 1010. The van der Waals surface area contributed by atoms with Crippen LogP contribution in [0.3, 0.4) is 0 Å². The number of hydrogen-bond acceptors (Lipinski definition) is 3. The van der Waals surface area contributed by atoms with Crippen molar-refractivity contribution in [3.8, 4) is 0 Å². The maximum atomic E-state index is 12.4. The first kappa shape index (κ1) is 15.3. The number of hydrogen-bond donors (Lipinski definition) is 0. The minimum atomic E-state index is -0.427. The van der Waals surface area contributed by atoms with Crippen molar-refractivity contribution < 1.29 is 0 Å². The molecule has 2 aromatic heterocycles. The van der Waals surface area contributed by atoms with Crippen molar-refractivity contribution in [2.75, 3.05) is 0 Å². The lowest BCUT2D eigenvalue weighted by Gasteiger charge is -2.05. The highest BCUT2D eigenvalue weighted by molar-refractivity contribution is 6.29. The van der Waals surface area contributed by atoms with E-state index in [4.69, 9.17) is 11.6 Å². The van der Waals surface area contributed by atoms with Crippen molar-refractivity contribution >= 4 is 28.8 Å². The summed E-state index contributed by atoms with van der Waals surface area (Å²) in [5.74, 6) is 0. The molecule has 0 unspecified atom stereocenters. The van der Waals surface area contributed by atoms with Crippen LogP contribution in [0.1, 0.15) is 5.56 Å². The number of benzene rings is 1. The Morgan fingerprint density at radius 1 is 1.13 bits per heavy atom. The molecule has 0 atom stereocenters. The van der Waals surface area contributed by atoms with Gasteiger partial charge in [0.15, 0.2) is 11.2 Å². The van der Waals surface area contributed by atoms with E-state index in [0.29, 0.717) is 12.1 Å². The minimum absolute atomic E-state index is 0.177. The molecule has 0 N–H and O–H groups in total. The van der Waals surface area contributed by atoms with Gasteiger partial charge in [0.1, 0.15) is 0 Å². The Hall–Kier alpha value is -2.60. The maximum Gasteiger partial charge on any atom is 0.332 e. The van der Waals surface area contributed by atoms with E-state index in [1.54, 1.807) is 11.6 Å². The fourth-order valence-electron chi connectivity index (χ4n) is 2.44. The van der Waals surface area contributed by atoms with E-state index in [0.717, 1.165) is 10.1 Å². The van der Waals surface area contributed by atoms with Gasteiger partial charge in [0.05, 0.1) is 0 Å². The van der Waals surface area contributed by atoms with Gasteiger partial charge in [0, 0.05) is 20.6 Å². The van der Waals surface area contributed by atoms with E-state index in [1.165, 1.54) is 11.6 Å². The standard InChI is InChI=1S/C16H15ClN4O2/c1-19-13-12(14(22)20(2)16(19)23)21(15(17)18-13)10-6-9-11-7-4-3-5-8-11/h3-9H,10H2,1-2H3. The van der Waals surface area contributed by atoms with Gasteiger partial charge in [-0.15, -0.1) is 0 Å². The first-order valence-corrected chi connectivity index (χ1v) is 7.42. The van der Waals surface area contributed by atoms with Gasteiger partial charge in [-0.2, -0.15) is 4.98 Å². The lowest BCUT2D eigenvalue weighted by Crippen LogP contribution is -2.37. The van der Waals surface area contributed by atoms with Gasteiger partial charge < -0.3 is 4.57 Å². The molecule has 2 heterocycles. The van der Waals surface area contributed by atoms with Crippen molar-refractivity contribution in [3.63, 3.8) is 0 Å². The third-order valence-corrected chi connectivity index (χ3v) is 3.99. The molecule has 0 radical (unpaired) electrons. The Kier molecular flexibility index (Phi) is 3.92. The summed E-state index contributed by atoms with van der Waals surface area (Å²) in [5, 5.41) is 0.177. The number of allylic oxidation sites excluding steroid dienone is 1. The monoisotopic (exact) mass is 330 g/mol. The smallest absolute Gasteiger partial charge is 0.305 e. The molecular formula is C16H15ClN4O2. The molecule has 0 amide bonds. The van der Waals surface area contributed by atoms with Gasteiger partial charge in [-0.05, 0) is 17.2 Å².